The number of rotatable bonds is 6. The lowest BCUT2D eigenvalue weighted by molar-refractivity contribution is -0.142. The number of hydrogen-bond donors (Lipinski definition) is 1. The van der Waals surface area contributed by atoms with Crippen molar-refractivity contribution in [3.8, 4) is 17.2 Å². The van der Waals surface area contributed by atoms with Gasteiger partial charge < -0.3 is 24.3 Å². The minimum absolute atomic E-state index is 0.157. The second kappa shape index (κ2) is 8.06. The molecule has 7 nitrogen and oxygen atoms in total. The van der Waals surface area contributed by atoms with E-state index >= 15 is 0 Å². The van der Waals surface area contributed by atoms with Gasteiger partial charge in [0.25, 0.3) is 5.91 Å². The molecule has 0 unspecified atom stereocenters. The topological polar surface area (TPSA) is 83.1 Å². The molecular formula is C19H17NO6. The summed E-state index contributed by atoms with van der Waals surface area (Å²) in [5, 5.41) is 2.62. The van der Waals surface area contributed by atoms with Crippen molar-refractivity contribution < 1.29 is 28.5 Å². The van der Waals surface area contributed by atoms with Crippen LogP contribution in [0.3, 0.4) is 0 Å². The number of methoxy groups -OCH3 is 1. The van der Waals surface area contributed by atoms with E-state index in [0.717, 1.165) is 5.56 Å². The third-order valence-electron chi connectivity index (χ3n) is 3.51. The lowest BCUT2D eigenvalue weighted by Gasteiger charge is -2.06. The average Bonchev–Trinajstić information content (AvgIpc) is 3.12. The molecule has 26 heavy (non-hydrogen) atoms. The molecule has 0 aromatic heterocycles. The van der Waals surface area contributed by atoms with Crippen molar-refractivity contribution in [2.75, 3.05) is 25.8 Å². The van der Waals surface area contributed by atoms with Crippen molar-refractivity contribution >= 4 is 23.6 Å². The zero-order chi connectivity index (χ0) is 18.4. The predicted octanol–water partition coefficient (Wildman–Crippen LogP) is 2.62. The molecule has 1 amide bonds. The molecule has 0 spiro atoms. The van der Waals surface area contributed by atoms with Crippen LogP contribution in [0.1, 0.15) is 5.56 Å². The number of benzene rings is 2. The van der Waals surface area contributed by atoms with Crippen molar-refractivity contribution in [2.45, 2.75) is 0 Å². The van der Waals surface area contributed by atoms with Gasteiger partial charge in [-0.05, 0) is 35.9 Å². The Labute approximate surface area is 150 Å². The Morgan fingerprint density at radius 1 is 1.15 bits per heavy atom. The van der Waals surface area contributed by atoms with Gasteiger partial charge in [-0.1, -0.05) is 12.1 Å². The zero-order valence-corrected chi connectivity index (χ0v) is 14.1. The Morgan fingerprint density at radius 3 is 2.85 bits per heavy atom. The van der Waals surface area contributed by atoms with Gasteiger partial charge in [0.1, 0.15) is 5.75 Å². The van der Waals surface area contributed by atoms with E-state index in [-0.39, 0.29) is 6.79 Å². The second-order valence-electron chi connectivity index (χ2n) is 5.33. The Morgan fingerprint density at radius 2 is 2.00 bits per heavy atom. The number of ether oxygens (including phenoxy) is 4. The van der Waals surface area contributed by atoms with E-state index in [2.05, 4.69) is 5.32 Å². The number of amides is 1. The summed E-state index contributed by atoms with van der Waals surface area (Å²) in [6, 6.07) is 12.2. The molecule has 2 aromatic rings. The lowest BCUT2D eigenvalue weighted by Crippen LogP contribution is -2.20. The molecule has 0 atom stereocenters. The number of fused-ring (bicyclic) bond motifs is 1. The molecule has 0 radical (unpaired) electrons. The highest BCUT2D eigenvalue weighted by molar-refractivity contribution is 5.94. The molecular weight excluding hydrogens is 338 g/mol. The van der Waals surface area contributed by atoms with Gasteiger partial charge in [0.2, 0.25) is 6.79 Å². The smallest absolute Gasteiger partial charge is 0.331 e. The highest BCUT2D eigenvalue weighted by Gasteiger charge is 2.14. The number of carbonyl (C=O) groups excluding carboxylic acids is 2. The molecule has 2 aromatic carbocycles. The summed E-state index contributed by atoms with van der Waals surface area (Å²) in [6.45, 7) is -0.236. The molecule has 1 heterocycles. The summed E-state index contributed by atoms with van der Waals surface area (Å²) < 4.78 is 20.5. The summed E-state index contributed by atoms with van der Waals surface area (Å²) in [5.41, 5.74) is 1.31. The van der Waals surface area contributed by atoms with Gasteiger partial charge in [0.05, 0.1) is 7.11 Å². The highest BCUT2D eigenvalue weighted by atomic mass is 16.7. The summed E-state index contributed by atoms with van der Waals surface area (Å²) in [6.07, 6.45) is 2.84. The Bertz CT molecular complexity index is 846. The van der Waals surface area contributed by atoms with Gasteiger partial charge in [0.15, 0.2) is 18.1 Å². The predicted molar refractivity (Wildman–Crippen MR) is 94.2 cm³/mol. The molecule has 0 saturated heterocycles. The first-order valence-electron chi connectivity index (χ1n) is 7.82. The van der Waals surface area contributed by atoms with Crippen LogP contribution < -0.4 is 19.5 Å². The van der Waals surface area contributed by atoms with E-state index in [9.17, 15) is 9.59 Å². The minimum Gasteiger partial charge on any atom is -0.497 e. The number of nitrogens with one attached hydrogen (secondary N) is 1. The van der Waals surface area contributed by atoms with Gasteiger partial charge in [-0.25, -0.2) is 4.79 Å². The van der Waals surface area contributed by atoms with Gasteiger partial charge in [-0.3, -0.25) is 4.79 Å². The van der Waals surface area contributed by atoms with Crippen LogP contribution in [0.5, 0.6) is 17.2 Å². The molecule has 7 heteroatoms. The van der Waals surface area contributed by atoms with Gasteiger partial charge in [-0.2, -0.15) is 0 Å². The first-order valence-corrected chi connectivity index (χ1v) is 7.82. The monoisotopic (exact) mass is 355 g/mol. The summed E-state index contributed by atoms with van der Waals surface area (Å²) in [7, 11) is 1.57. The van der Waals surface area contributed by atoms with Crippen LogP contribution >= 0.6 is 0 Å². The second-order valence-corrected chi connectivity index (χ2v) is 5.33. The van der Waals surface area contributed by atoms with Crippen molar-refractivity contribution in [1.29, 1.82) is 0 Å². The zero-order valence-electron chi connectivity index (χ0n) is 14.1. The maximum Gasteiger partial charge on any atom is 0.331 e. The van der Waals surface area contributed by atoms with E-state index < -0.39 is 18.5 Å². The van der Waals surface area contributed by atoms with Crippen LogP contribution in [0.15, 0.2) is 48.5 Å². The standard InChI is InChI=1S/C19H17NO6/c1-23-15-4-2-3-13(9-15)5-8-19(22)24-11-18(21)20-14-6-7-16-17(10-14)26-12-25-16/h2-10H,11-12H2,1H3,(H,20,21)/b8-5+. The summed E-state index contributed by atoms with van der Waals surface area (Å²) in [5.74, 6) is 0.794. The Kier molecular flexibility index (Phi) is 5.38. The Balaban J connectivity index is 1.47. The van der Waals surface area contributed by atoms with E-state index in [1.165, 1.54) is 6.08 Å². The minimum atomic E-state index is -0.617. The van der Waals surface area contributed by atoms with Crippen molar-refractivity contribution in [1.82, 2.24) is 0 Å². The van der Waals surface area contributed by atoms with Crippen LogP contribution in [0.2, 0.25) is 0 Å². The van der Waals surface area contributed by atoms with Gasteiger partial charge in [-0.15, -0.1) is 0 Å². The molecule has 0 bridgehead atoms. The third kappa shape index (κ3) is 4.54. The fourth-order valence-electron chi connectivity index (χ4n) is 2.27. The fraction of sp³-hybridized carbons (Fsp3) is 0.158. The average molecular weight is 355 g/mol. The van der Waals surface area contributed by atoms with E-state index in [1.54, 1.807) is 43.5 Å². The van der Waals surface area contributed by atoms with Crippen molar-refractivity contribution in [3.63, 3.8) is 0 Å². The van der Waals surface area contributed by atoms with Crippen molar-refractivity contribution in [2.24, 2.45) is 0 Å². The Hall–Kier alpha value is -3.48. The molecule has 0 fully saturated rings. The van der Waals surface area contributed by atoms with E-state index in [1.807, 2.05) is 12.1 Å². The van der Waals surface area contributed by atoms with Gasteiger partial charge >= 0.3 is 5.97 Å². The number of hydrogen-bond acceptors (Lipinski definition) is 6. The first-order chi connectivity index (χ1) is 12.6. The maximum absolute atomic E-state index is 11.9. The lowest BCUT2D eigenvalue weighted by atomic mass is 10.2. The summed E-state index contributed by atoms with van der Waals surface area (Å²) in [4.78, 5) is 23.6. The fourth-order valence-corrected chi connectivity index (χ4v) is 2.27. The van der Waals surface area contributed by atoms with Crippen LogP contribution in [0.4, 0.5) is 5.69 Å². The molecule has 3 rings (SSSR count). The SMILES string of the molecule is COc1cccc(/C=C/C(=O)OCC(=O)Nc2ccc3c(c2)OCO3)c1. The number of carbonyl (C=O) groups is 2. The number of esters is 1. The molecule has 0 saturated carbocycles. The molecule has 1 N–H and O–H groups in total. The van der Waals surface area contributed by atoms with Crippen LogP contribution in [-0.2, 0) is 14.3 Å². The molecule has 0 aliphatic carbocycles. The quantitative estimate of drug-likeness (QED) is 0.633. The van der Waals surface area contributed by atoms with Crippen LogP contribution in [0, 0.1) is 0 Å². The third-order valence-corrected chi connectivity index (χ3v) is 3.51. The highest BCUT2D eigenvalue weighted by Crippen LogP contribution is 2.34. The normalized spacial score (nSPS) is 12.0. The molecule has 134 valence electrons. The largest absolute Gasteiger partial charge is 0.497 e. The van der Waals surface area contributed by atoms with Crippen LogP contribution in [-0.4, -0.2) is 32.4 Å². The van der Waals surface area contributed by atoms with Crippen LogP contribution in [0.25, 0.3) is 6.08 Å². The number of anilines is 1. The van der Waals surface area contributed by atoms with E-state index in [0.29, 0.717) is 22.9 Å². The molecule has 1 aliphatic heterocycles. The van der Waals surface area contributed by atoms with Gasteiger partial charge in [0, 0.05) is 17.8 Å². The van der Waals surface area contributed by atoms with E-state index in [4.69, 9.17) is 18.9 Å². The molecule has 1 aliphatic rings. The summed E-state index contributed by atoms with van der Waals surface area (Å²) >= 11 is 0. The maximum atomic E-state index is 11.9. The first kappa shape index (κ1) is 17.3. The van der Waals surface area contributed by atoms with Crippen molar-refractivity contribution in [3.05, 3.63) is 54.1 Å².